The maximum absolute atomic E-state index is 9.76. The maximum Gasteiger partial charge on any atom is 0.105 e. The van der Waals surface area contributed by atoms with E-state index in [1.807, 2.05) is 6.07 Å². The Balaban J connectivity index is 2.89. The molecule has 3 nitrogen and oxygen atoms in total. The second kappa shape index (κ2) is 6.07. The van der Waals surface area contributed by atoms with Gasteiger partial charge in [-0.15, -0.1) is 11.6 Å². The number of nitriles is 1. The average Bonchev–Trinajstić information content (AvgIpc) is 2.28. The van der Waals surface area contributed by atoms with Gasteiger partial charge in [-0.2, -0.15) is 5.26 Å². The van der Waals surface area contributed by atoms with E-state index in [2.05, 4.69) is 0 Å². The molecule has 1 aromatic carbocycles. The van der Waals surface area contributed by atoms with Crippen molar-refractivity contribution in [2.24, 2.45) is 0 Å². The molecule has 1 rings (SSSR count). The van der Waals surface area contributed by atoms with Crippen molar-refractivity contribution in [2.45, 2.75) is 18.6 Å². The second-order valence-electron chi connectivity index (χ2n) is 3.34. The Kier molecular flexibility index (Phi) is 5.04. The molecule has 2 atom stereocenters. The monoisotopic (exact) mass is 259 g/mol. The SMILES string of the molecule is N#Cc1ccc(C(O)C(O)CCCl)cc1Cl. The number of hydrogen-bond donors (Lipinski definition) is 2. The molecule has 0 aliphatic heterocycles. The van der Waals surface area contributed by atoms with Crippen molar-refractivity contribution in [1.82, 2.24) is 0 Å². The van der Waals surface area contributed by atoms with Crippen LogP contribution >= 0.6 is 23.2 Å². The van der Waals surface area contributed by atoms with E-state index < -0.39 is 12.2 Å². The van der Waals surface area contributed by atoms with E-state index in [0.29, 0.717) is 17.5 Å². The molecule has 0 aromatic heterocycles. The molecule has 0 heterocycles. The molecule has 86 valence electrons. The number of rotatable bonds is 4. The average molecular weight is 260 g/mol. The fraction of sp³-hybridized carbons (Fsp3) is 0.364. The smallest absolute Gasteiger partial charge is 0.105 e. The molecule has 2 N–H and O–H groups in total. The highest BCUT2D eigenvalue weighted by atomic mass is 35.5. The minimum absolute atomic E-state index is 0.261. The van der Waals surface area contributed by atoms with Gasteiger partial charge in [0.2, 0.25) is 0 Å². The van der Waals surface area contributed by atoms with Crippen molar-refractivity contribution >= 4 is 23.2 Å². The minimum Gasteiger partial charge on any atom is -0.390 e. The van der Waals surface area contributed by atoms with Crippen LogP contribution in [0, 0.1) is 11.3 Å². The summed E-state index contributed by atoms with van der Waals surface area (Å²) in [7, 11) is 0. The molecule has 2 unspecified atom stereocenters. The van der Waals surface area contributed by atoms with Gasteiger partial charge in [-0.25, -0.2) is 0 Å². The van der Waals surface area contributed by atoms with E-state index in [4.69, 9.17) is 28.5 Å². The molecule has 5 heteroatoms. The lowest BCUT2D eigenvalue weighted by atomic mass is 10.0. The van der Waals surface area contributed by atoms with E-state index in [1.165, 1.54) is 12.1 Å². The minimum atomic E-state index is -1.04. The summed E-state index contributed by atoms with van der Waals surface area (Å²) in [6.45, 7) is 0. The molecule has 0 bridgehead atoms. The van der Waals surface area contributed by atoms with Crippen LogP contribution in [0.5, 0.6) is 0 Å². The van der Waals surface area contributed by atoms with Gasteiger partial charge in [0.1, 0.15) is 12.2 Å². The quantitative estimate of drug-likeness (QED) is 0.816. The van der Waals surface area contributed by atoms with Crippen LogP contribution in [0.3, 0.4) is 0 Å². The Hall–Kier alpha value is -0.790. The third-order valence-corrected chi connectivity index (χ3v) is 2.76. The Morgan fingerprint density at radius 3 is 2.56 bits per heavy atom. The summed E-state index contributed by atoms with van der Waals surface area (Å²) in [5.41, 5.74) is 0.811. The van der Waals surface area contributed by atoms with Crippen molar-refractivity contribution in [3.8, 4) is 6.07 Å². The van der Waals surface area contributed by atoms with Crippen LogP contribution in [0.1, 0.15) is 23.7 Å². The summed E-state index contributed by atoms with van der Waals surface area (Å²) >= 11 is 11.3. The zero-order valence-electron chi connectivity index (χ0n) is 8.40. The Morgan fingerprint density at radius 2 is 2.06 bits per heavy atom. The summed E-state index contributed by atoms with van der Waals surface area (Å²) in [5, 5.41) is 28.2. The van der Waals surface area contributed by atoms with E-state index in [9.17, 15) is 10.2 Å². The molecule has 16 heavy (non-hydrogen) atoms. The van der Waals surface area contributed by atoms with Crippen molar-refractivity contribution in [2.75, 3.05) is 5.88 Å². The lowest BCUT2D eigenvalue weighted by molar-refractivity contribution is 0.0170. The number of halogens is 2. The van der Waals surface area contributed by atoms with Crippen molar-refractivity contribution in [3.63, 3.8) is 0 Å². The fourth-order valence-corrected chi connectivity index (χ4v) is 1.75. The first-order valence-electron chi connectivity index (χ1n) is 4.71. The Morgan fingerprint density at radius 1 is 1.38 bits per heavy atom. The molecule has 1 aromatic rings. The highest BCUT2D eigenvalue weighted by Crippen LogP contribution is 2.24. The first-order valence-corrected chi connectivity index (χ1v) is 5.63. The van der Waals surface area contributed by atoms with Crippen molar-refractivity contribution in [1.29, 1.82) is 5.26 Å². The lowest BCUT2D eigenvalue weighted by Gasteiger charge is -2.17. The molecule has 0 fully saturated rings. The summed E-state index contributed by atoms with van der Waals surface area (Å²) in [5.74, 6) is 0.266. The van der Waals surface area contributed by atoms with Gasteiger partial charge >= 0.3 is 0 Å². The maximum atomic E-state index is 9.76. The van der Waals surface area contributed by atoms with Crippen LogP contribution in [0.2, 0.25) is 5.02 Å². The molecule has 0 spiro atoms. The first kappa shape index (κ1) is 13.3. The topological polar surface area (TPSA) is 64.2 Å². The van der Waals surface area contributed by atoms with Gasteiger partial charge in [0.25, 0.3) is 0 Å². The van der Waals surface area contributed by atoms with Crippen molar-refractivity contribution in [3.05, 3.63) is 34.3 Å². The Bertz CT molecular complexity index is 403. The van der Waals surface area contributed by atoms with Crippen molar-refractivity contribution < 1.29 is 10.2 Å². The second-order valence-corrected chi connectivity index (χ2v) is 4.13. The lowest BCUT2D eigenvalue weighted by Crippen LogP contribution is -2.18. The molecule has 0 aliphatic rings. The highest BCUT2D eigenvalue weighted by molar-refractivity contribution is 6.31. The van der Waals surface area contributed by atoms with E-state index in [-0.39, 0.29) is 10.9 Å². The van der Waals surface area contributed by atoms with E-state index in [1.54, 1.807) is 6.07 Å². The number of aliphatic hydroxyl groups is 2. The standard InChI is InChI=1S/C11H11Cl2NO2/c12-4-3-10(15)11(16)7-1-2-8(6-14)9(13)5-7/h1-2,5,10-11,15-16H,3-4H2. The summed E-state index contributed by atoms with van der Waals surface area (Å²) in [4.78, 5) is 0. The molecule has 0 amide bonds. The third kappa shape index (κ3) is 3.10. The van der Waals surface area contributed by atoms with Crippen LogP contribution in [0.4, 0.5) is 0 Å². The summed E-state index contributed by atoms with van der Waals surface area (Å²) < 4.78 is 0. The molecular weight excluding hydrogens is 249 g/mol. The van der Waals surface area contributed by atoms with E-state index >= 15 is 0 Å². The van der Waals surface area contributed by atoms with Crippen LogP contribution < -0.4 is 0 Å². The predicted octanol–water partition coefficient (Wildman–Crippen LogP) is 2.23. The van der Waals surface area contributed by atoms with Gasteiger partial charge in [-0.05, 0) is 24.1 Å². The predicted molar refractivity (Wildman–Crippen MR) is 62.5 cm³/mol. The molecule has 0 aliphatic carbocycles. The van der Waals surface area contributed by atoms with Crippen LogP contribution in [0.15, 0.2) is 18.2 Å². The van der Waals surface area contributed by atoms with Gasteiger partial charge in [0.05, 0.1) is 16.7 Å². The molecule has 0 saturated heterocycles. The third-order valence-electron chi connectivity index (χ3n) is 2.22. The van der Waals surface area contributed by atoms with Crippen LogP contribution in [0.25, 0.3) is 0 Å². The number of benzene rings is 1. The number of aliphatic hydroxyl groups excluding tert-OH is 2. The normalized spacial score (nSPS) is 14.2. The fourth-order valence-electron chi connectivity index (χ4n) is 1.30. The highest BCUT2D eigenvalue weighted by Gasteiger charge is 2.18. The van der Waals surface area contributed by atoms with Crippen LogP contribution in [-0.2, 0) is 0 Å². The number of nitrogens with zero attached hydrogens (tertiary/aromatic N) is 1. The van der Waals surface area contributed by atoms with Gasteiger partial charge in [-0.1, -0.05) is 17.7 Å². The first-order chi connectivity index (χ1) is 7.60. The molecule has 0 saturated carbocycles. The van der Waals surface area contributed by atoms with Gasteiger partial charge in [0, 0.05) is 5.88 Å². The number of hydrogen-bond acceptors (Lipinski definition) is 3. The molecule has 0 radical (unpaired) electrons. The van der Waals surface area contributed by atoms with Gasteiger partial charge in [0.15, 0.2) is 0 Å². The summed E-state index contributed by atoms with van der Waals surface area (Å²) in [6, 6.07) is 6.46. The Labute approximate surface area is 104 Å². The van der Waals surface area contributed by atoms with Gasteiger partial charge < -0.3 is 10.2 Å². The zero-order chi connectivity index (χ0) is 12.1. The number of alkyl halides is 1. The van der Waals surface area contributed by atoms with E-state index in [0.717, 1.165) is 0 Å². The molecular formula is C11H11Cl2NO2. The van der Waals surface area contributed by atoms with Gasteiger partial charge in [-0.3, -0.25) is 0 Å². The zero-order valence-corrected chi connectivity index (χ0v) is 9.91. The summed E-state index contributed by atoms with van der Waals surface area (Å²) in [6.07, 6.45) is -1.68. The van der Waals surface area contributed by atoms with Crippen LogP contribution in [-0.4, -0.2) is 22.2 Å². The largest absolute Gasteiger partial charge is 0.390 e.